The molecule has 0 amide bonds. The maximum absolute atomic E-state index is 2.47. The fraction of sp³-hybridized carbons (Fsp3) is 0.529. The second kappa shape index (κ2) is 4.24. The van der Waals surface area contributed by atoms with E-state index in [1.807, 2.05) is 0 Å². The van der Waals surface area contributed by atoms with Gasteiger partial charge in [-0.25, -0.2) is 0 Å². The highest BCUT2D eigenvalue weighted by atomic mass is 15.3. The molecule has 0 spiro atoms. The molecule has 98 valence electrons. The minimum absolute atomic E-state index is 0.298. The first-order chi connectivity index (χ1) is 8.23. The van der Waals surface area contributed by atoms with Crippen molar-refractivity contribution >= 4 is 0 Å². The van der Waals surface area contributed by atoms with Crippen LogP contribution in [-0.2, 0) is 0 Å². The van der Waals surface area contributed by atoms with Crippen LogP contribution in [0, 0.1) is 12.3 Å². The molecule has 1 aromatic rings. The third-order valence-corrected chi connectivity index (χ3v) is 4.05. The van der Waals surface area contributed by atoms with Crippen molar-refractivity contribution in [1.82, 2.24) is 0 Å². The molecular weight excluding hydrogens is 218 g/mol. The quantitative estimate of drug-likeness (QED) is 0.515. The number of benzene rings is 1. The molecule has 1 heterocycles. The highest BCUT2D eigenvalue weighted by molar-refractivity contribution is 5.34. The van der Waals surface area contributed by atoms with Gasteiger partial charge < -0.3 is 4.48 Å². The first-order valence-corrected chi connectivity index (χ1v) is 6.80. The number of quaternary nitrogens is 1. The van der Waals surface area contributed by atoms with E-state index in [0.29, 0.717) is 11.5 Å². The van der Waals surface area contributed by atoms with Crippen LogP contribution in [0.4, 0.5) is 0 Å². The summed E-state index contributed by atoms with van der Waals surface area (Å²) in [5, 5.41) is 0. The highest BCUT2D eigenvalue weighted by Gasteiger charge is 2.41. The normalized spacial score (nSPS) is 25.7. The van der Waals surface area contributed by atoms with E-state index in [9.17, 15) is 0 Å². The summed E-state index contributed by atoms with van der Waals surface area (Å²) in [5.74, 6) is 0. The van der Waals surface area contributed by atoms with Gasteiger partial charge in [0.1, 0.15) is 6.04 Å². The van der Waals surface area contributed by atoms with Gasteiger partial charge in [0.05, 0.1) is 20.6 Å². The lowest BCUT2D eigenvalue weighted by Crippen LogP contribution is -2.51. The van der Waals surface area contributed by atoms with Crippen molar-refractivity contribution in [2.75, 3.05) is 20.6 Å². The number of hydrogen-bond donors (Lipinski definition) is 0. The molecule has 2 rings (SSSR count). The van der Waals surface area contributed by atoms with Gasteiger partial charge in [-0.2, -0.15) is 0 Å². The summed E-state index contributed by atoms with van der Waals surface area (Å²) in [6, 6.07) is 9.30. The number of aryl methyl sites for hydroxylation is 1. The monoisotopic (exact) mass is 244 g/mol. The Morgan fingerprint density at radius 3 is 2.28 bits per heavy atom. The lowest BCUT2D eigenvalue weighted by atomic mass is 9.80. The van der Waals surface area contributed by atoms with E-state index in [2.05, 4.69) is 72.1 Å². The van der Waals surface area contributed by atoms with E-state index in [-0.39, 0.29) is 0 Å². The molecule has 0 bridgehead atoms. The predicted octanol–water partition coefficient (Wildman–Crippen LogP) is 4.10. The number of hydrogen-bond acceptors (Lipinski definition) is 0. The van der Waals surface area contributed by atoms with Crippen LogP contribution in [0.3, 0.4) is 0 Å². The van der Waals surface area contributed by atoms with Gasteiger partial charge in [-0.1, -0.05) is 44.2 Å². The molecule has 0 aromatic heterocycles. The third-order valence-electron chi connectivity index (χ3n) is 4.05. The lowest BCUT2D eigenvalue weighted by Gasteiger charge is -2.47. The fourth-order valence-electron chi connectivity index (χ4n) is 3.95. The Kier molecular flexibility index (Phi) is 3.14. The van der Waals surface area contributed by atoms with Crippen molar-refractivity contribution in [2.24, 2.45) is 5.41 Å². The molecule has 1 unspecified atom stereocenters. The largest absolute Gasteiger partial charge is 0.318 e. The Balaban J connectivity index is 2.53. The van der Waals surface area contributed by atoms with Gasteiger partial charge in [-0.05, 0) is 25.0 Å². The third kappa shape index (κ3) is 2.37. The van der Waals surface area contributed by atoms with Gasteiger partial charge >= 0.3 is 0 Å². The number of rotatable bonds is 1. The van der Waals surface area contributed by atoms with E-state index >= 15 is 0 Å². The minimum atomic E-state index is 0.298. The first-order valence-electron chi connectivity index (χ1n) is 6.80. The minimum Gasteiger partial charge on any atom is -0.318 e. The second-order valence-electron chi connectivity index (χ2n) is 7.07. The van der Waals surface area contributed by atoms with Crippen molar-refractivity contribution in [3.8, 4) is 0 Å². The standard InChI is InChI=1S/C17H26N/c1-13-9-7-8-10-15(13)16-14(2)11-17(3,4)12-18(16,5)6/h7-11,16H,12H2,1-6H3/q+1. The molecule has 1 aliphatic rings. The van der Waals surface area contributed by atoms with Gasteiger partial charge in [-0.15, -0.1) is 0 Å². The number of nitrogens with zero attached hydrogens (tertiary/aromatic N) is 1. The summed E-state index contributed by atoms with van der Waals surface area (Å²) in [6.45, 7) is 10.4. The maximum Gasteiger partial charge on any atom is 0.136 e. The summed E-state index contributed by atoms with van der Waals surface area (Å²) >= 11 is 0. The summed E-state index contributed by atoms with van der Waals surface area (Å²) in [5.41, 5.74) is 4.69. The first kappa shape index (κ1) is 13.4. The topological polar surface area (TPSA) is 0 Å². The van der Waals surface area contributed by atoms with E-state index in [1.54, 1.807) is 0 Å². The Morgan fingerprint density at radius 2 is 1.72 bits per heavy atom. The zero-order chi connectivity index (χ0) is 13.6. The molecule has 1 nitrogen and oxygen atoms in total. The van der Waals surface area contributed by atoms with Crippen molar-refractivity contribution in [3.63, 3.8) is 0 Å². The van der Waals surface area contributed by atoms with Crippen molar-refractivity contribution in [2.45, 2.75) is 33.7 Å². The van der Waals surface area contributed by atoms with Gasteiger partial charge in [0.25, 0.3) is 0 Å². The molecule has 1 aliphatic heterocycles. The molecule has 1 atom stereocenters. The van der Waals surface area contributed by atoms with E-state index in [0.717, 1.165) is 4.48 Å². The van der Waals surface area contributed by atoms with Crippen LogP contribution in [0.15, 0.2) is 35.9 Å². The smallest absolute Gasteiger partial charge is 0.136 e. The summed E-state index contributed by atoms with van der Waals surface area (Å²) in [4.78, 5) is 0. The fourth-order valence-corrected chi connectivity index (χ4v) is 3.95. The van der Waals surface area contributed by atoms with Crippen LogP contribution in [-0.4, -0.2) is 25.1 Å². The molecule has 18 heavy (non-hydrogen) atoms. The van der Waals surface area contributed by atoms with Crippen LogP contribution in [0.25, 0.3) is 0 Å². The second-order valence-corrected chi connectivity index (χ2v) is 7.07. The van der Waals surface area contributed by atoms with E-state index < -0.39 is 0 Å². The van der Waals surface area contributed by atoms with E-state index in [1.165, 1.54) is 23.2 Å². The summed E-state index contributed by atoms with van der Waals surface area (Å²) in [7, 11) is 4.71. The Bertz CT molecular complexity index is 480. The highest BCUT2D eigenvalue weighted by Crippen LogP contribution is 2.42. The van der Waals surface area contributed by atoms with Crippen LogP contribution in [0.2, 0.25) is 0 Å². The summed E-state index contributed by atoms with van der Waals surface area (Å²) < 4.78 is 1.04. The van der Waals surface area contributed by atoms with E-state index in [4.69, 9.17) is 0 Å². The maximum atomic E-state index is 2.47. The number of likely N-dealkylation sites (N-methyl/N-ethyl adjacent to an activating group) is 1. The molecule has 1 heteroatoms. The molecule has 0 N–H and O–H groups in total. The van der Waals surface area contributed by atoms with Crippen LogP contribution >= 0.6 is 0 Å². The average molecular weight is 244 g/mol. The molecule has 0 fully saturated rings. The van der Waals surface area contributed by atoms with Crippen LogP contribution < -0.4 is 0 Å². The van der Waals surface area contributed by atoms with Gasteiger partial charge in [-0.3, -0.25) is 0 Å². The summed E-state index contributed by atoms with van der Waals surface area (Å²) in [6.07, 6.45) is 2.47. The molecule has 0 saturated heterocycles. The van der Waals surface area contributed by atoms with Crippen molar-refractivity contribution in [3.05, 3.63) is 47.0 Å². The average Bonchev–Trinajstić information content (AvgIpc) is 2.16. The molecule has 0 aliphatic carbocycles. The van der Waals surface area contributed by atoms with Crippen molar-refractivity contribution in [1.29, 1.82) is 0 Å². The zero-order valence-electron chi connectivity index (χ0n) is 12.6. The zero-order valence-corrected chi connectivity index (χ0v) is 12.6. The molecule has 0 saturated carbocycles. The Labute approximate surface area is 112 Å². The van der Waals surface area contributed by atoms with Gasteiger partial charge in [0.15, 0.2) is 0 Å². The lowest BCUT2D eigenvalue weighted by molar-refractivity contribution is -0.922. The van der Waals surface area contributed by atoms with Gasteiger partial charge in [0.2, 0.25) is 0 Å². The van der Waals surface area contributed by atoms with Crippen LogP contribution in [0.1, 0.15) is 37.9 Å². The Morgan fingerprint density at radius 1 is 1.11 bits per heavy atom. The molecule has 0 radical (unpaired) electrons. The molecule has 1 aromatic carbocycles. The SMILES string of the molecule is CC1=CC(C)(C)C[N+](C)(C)C1c1ccccc1C. The van der Waals surface area contributed by atoms with Crippen LogP contribution in [0.5, 0.6) is 0 Å². The van der Waals surface area contributed by atoms with Crippen molar-refractivity contribution < 1.29 is 4.48 Å². The predicted molar refractivity (Wildman–Crippen MR) is 78.4 cm³/mol. The Hall–Kier alpha value is -1.08. The molecular formula is C17H26N+. The van der Waals surface area contributed by atoms with Gasteiger partial charge in [0, 0.05) is 11.0 Å².